The van der Waals surface area contributed by atoms with Gasteiger partial charge in [-0.2, -0.15) is 0 Å². The van der Waals surface area contributed by atoms with Gasteiger partial charge in [0.2, 0.25) is 5.91 Å². The third-order valence-corrected chi connectivity index (χ3v) is 4.12. The Morgan fingerprint density at radius 3 is 2.30 bits per heavy atom. The molecule has 2 aliphatic heterocycles. The molecule has 0 unspecified atom stereocenters. The fourth-order valence-electron chi connectivity index (χ4n) is 2.88. The third-order valence-electron chi connectivity index (χ3n) is 4.12. The fraction of sp³-hybridized carbons (Fsp3) is 0.467. The molecule has 1 aromatic carbocycles. The normalized spacial score (nSPS) is 25.4. The molecule has 2 saturated heterocycles. The first-order valence-corrected chi connectivity index (χ1v) is 7.01. The van der Waals surface area contributed by atoms with Crippen LogP contribution in [0.1, 0.15) is 6.42 Å². The molecule has 1 aromatic rings. The average Bonchev–Trinajstić information content (AvgIpc) is 2.76. The SMILES string of the molecule is CN1CCN([C@H]2CC(=O)N(c3ccccc3)C2=O)CC1. The molecule has 0 spiro atoms. The molecule has 0 radical (unpaired) electrons. The lowest BCUT2D eigenvalue weighted by molar-refractivity contribution is -0.123. The standard InChI is InChI=1S/C15H19N3O2/c1-16-7-9-17(10-8-16)13-11-14(19)18(15(13)20)12-5-3-2-4-6-12/h2-6,13H,7-11H2,1H3/t13-/m0/s1. The Morgan fingerprint density at radius 1 is 1.00 bits per heavy atom. The molecule has 5 nitrogen and oxygen atoms in total. The largest absolute Gasteiger partial charge is 0.304 e. The Morgan fingerprint density at radius 2 is 1.65 bits per heavy atom. The topological polar surface area (TPSA) is 43.9 Å². The first-order chi connectivity index (χ1) is 9.66. The Labute approximate surface area is 118 Å². The molecular formula is C15H19N3O2. The molecule has 106 valence electrons. The molecule has 5 heteroatoms. The number of amides is 2. The minimum absolute atomic E-state index is 0.0780. The van der Waals surface area contributed by atoms with Crippen molar-refractivity contribution in [1.82, 2.24) is 9.80 Å². The molecule has 0 saturated carbocycles. The summed E-state index contributed by atoms with van der Waals surface area (Å²) in [6.07, 6.45) is 0.303. The van der Waals surface area contributed by atoms with Gasteiger partial charge in [-0.3, -0.25) is 14.5 Å². The van der Waals surface area contributed by atoms with E-state index in [4.69, 9.17) is 0 Å². The van der Waals surface area contributed by atoms with E-state index in [0.29, 0.717) is 12.1 Å². The minimum atomic E-state index is -0.281. The number of piperazine rings is 1. The molecule has 0 aromatic heterocycles. The van der Waals surface area contributed by atoms with Gasteiger partial charge < -0.3 is 4.90 Å². The van der Waals surface area contributed by atoms with E-state index in [1.807, 2.05) is 30.3 Å². The highest BCUT2D eigenvalue weighted by Crippen LogP contribution is 2.25. The van der Waals surface area contributed by atoms with Crippen LogP contribution in [0.5, 0.6) is 0 Å². The summed E-state index contributed by atoms with van der Waals surface area (Å²) in [4.78, 5) is 30.4. The summed E-state index contributed by atoms with van der Waals surface area (Å²) in [5.41, 5.74) is 0.680. The summed E-state index contributed by atoms with van der Waals surface area (Å²) < 4.78 is 0. The fourth-order valence-corrected chi connectivity index (χ4v) is 2.88. The molecule has 1 atom stereocenters. The number of rotatable bonds is 2. The summed E-state index contributed by atoms with van der Waals surface area (Å²) in [7, 11) is 2.08. The molecular weight excluding hydrogens is 254 g/mol. The number of likely N-dealkylation sites (N-methyl/N-ethyl adjacent to an activating group) is 1. The Balaban J connectivity index is 1.77. The second-order valence-corrected chi connectivity index (χ2v) is 5.46. The lowest BCUT2D eigenvalue weighted by Crippen LogP contribution is -2.51. The van der Waals surface area contributed by atoms with Crippen LogP contribution in [0.3, 0.4) is 0 Å². The van der Waals surface area contributed by atoms with Crippen molar-refractivity contribution in [2.45, 2.75) is 12.5 Å². The molecule has 3 rings (SSSR count). The molecule has 0 N–H and O–H groups in total. The van der Waals surface area contributed by atoms with Crippen molar-refractivity contribution < 1.29 is 9.59 Å². The molecule has 2 aliphatic rings. The molecule has 2 heterocycles. The van der Waals surface area contributed by atoms with Crippen LogP contribution in [-0.4, -0.2) is 60.9 Å². The predicted molar refractivity (Wildman–Crippen MR) is 76.4 cm³/mol. The van der Waals surface area contributed by atoms with Gasteiger partial charge >= 0.3 is 0 Å². The number of benzene rings is 1. The lowest BCUT2D eigenvalue weighted by atomic mass is 10.2. The quantitative estimate of drug-likeness (QED) is 0.739. The van der Waals surface area contributed by atoms with Crippen molar-refractivity contribution in [3.63, 3.8) is 0 Å². The van der Waals surface area contributed by atoms with Crippen molar-refractivity contribution in [3.05, 3.63) is 30.3 Å². The van der Waals surface area contributed by atoms with Crippen LogP contribution >= 0.6 is 0 Å². The zero-order valence-corrected chi connectivity index (χ0v) is 11.7. The van der Waals surface area contributed by atoms with Gasteiger partial charge in [0.25, 0.3) is 5.91 Å². The summed E-state index contributed by atoms with van der Waals surface area (Å²) >= 11 is 0. The van der Waals surface area contributed by atoms with Crippen LogP contribution in [0.2, 0.25) is 0 Å². The first-order valence-electron chi connectivity index (χ1n) is 7.01. The van der Waals surface area contributed by atoms with E-state index >= 15 is 0 Å². The van der Waals surface area contributed by atoms with Gasteiger partial charge in [-0.25, -0.2) is 4.90 Å². The number of anilines is 1. The van der Waals surface area contributed by atoms with Gasteiger partial charge in [0.1, 0.15) is 0 Å². The van der Waals surface area contributed by atoms with Crippen LogP contribution in [0.15, 0.2) is 30.3 Å². The molecule has 20 heavy (non-hydrogen) atoms. The number of carbonyl (C=O) groups is 2. The van der Waals surface area contributed by atoms with E-state index < -0.39 is 0 Å². The highest BCUT2D eigenvalue weighted by molar-refractivity contribution is 6.22. The van der Waals surface area contributed by atoms with Crippen molar-refractivity contribution in [1.29, 1.82) is 0 Å². The van der Waals surface area contributed by atoms with Gasteiger partial charge in [-0.05, 0) is 19.2 Å². The van der Waals surface area contributed by atoms with E-state index in [9.17, 15) is 9.59 Å². The molecule has 0 aliphatic carbocycles. The molecule has 2 amide bonds. The maximum absolute atomic E-state index is 12.5. The monoisotopic (exact) mass is 273 g/mol. The average molecular weight is 273 g/mol. The van der Waals surface area contributed by atoms with Crippen LogP contribution in [-0.2, 0) is 9.59 Å². The number of carbonyl (C=O) groups excluding carboxylic acids is 2. The van der Waals surface area contributed by atoms with E-state index in [0.717, 1.165) is 26.2 Å². The maximum Gasteiger partial charge on any atom is 0.251 e. The molecule has 2 fully saturated rings. The van der Waals surface area contributed by atoms with Gasteiger partial charge in [-0.1, -0.05) is 18.2 Å². The second kappa shape index (κ2) is 5.34. The van der Waals surface area contributed by atoms with E-state index in [2.05, 4.69) is 16.8 Å². The number of hydrogen-bond acceptors (Lipinski definition) is 4. The van der Waals surface area contributed by atoms with Gasteiger partial charge in [-0.15, -0.1) is 0 Å². The summed E-state index contributed by atoms with van der Waals surface area (Å²) in [5, 5.41) is 0. The Hall–Kier alpha value is -1.72. The van der Waals surface area contributed by atoms with Crippen LogP contribution < -0.4 is 4.90 Å². The number of para-hydroxylation sites is 1. The summed E-state index contributed by atoms with van der Waals surface area (Å²) in [5.74, 6) is -0.170. The van der Waals surface area contributed by atoms with E-state index in [1.54, 1.807) is 0 Å². The summed E-state index contributed by atoms with van der Waals surface area (Å²) in [6, 6.07) is 8.91. The van der Waals surface area contributed by atoms with Crippen molar-refractivity contribution in [3.8, 4) is 0 Å². The third kappa shape index (κ3) is 2.34. The molecule has 0 bridgehead atoms. The Bertz CT molecular complexity index is 509. The van der Waals surface area contributed by atoms with Crippen LogP contribution in [0.4, 0.5) is 5.69 Å². The predicted octanol–water partition coefficient (Wildman–Crippen LogP) is 0.566. The van der Waals surface area contributed by atoms with E-state index in [1.165, 1.54) is 4.90 Å². The van der Waals surface area contributed by atoms with Gasteiger partial charge in [0, 0.05) is 26.2 Å². The van der Waals surface area contributed by atoms with E-state index in [-0.39, 0.29) is 17.9 Å². The number of nitrogens with zero attached hydrogens (tertiary/aromatic N) is 3. The zero-order valence-electron chi connectivity index (χ0n) is 11.7. The first kappa shape index (κ1) is 13.3. The van der Waals surface area contributed by atoms with Crippen molar-refractivity contribution in [2.24, 2.45) is 0 Å². The highest BCUT2D eigenvalue weighted by Gasteiger charge is 2.42. The van der Waals surface area contributed by atoms with Crippen LogP contribution in [0.25, 0.3) is 0 Å². The van der Waals surface area contributed by atoms with Crippen molar-refractivity contribution >= 4 is 17.5 Å². The second-order valence-electron chi connectivity index (χ2n) is 5.46. The Kier molecular flexibility index (Phi) is 3.54. The van der Waals surface area contributed by atoms with Gasteiger partial charge in [0.15, 0.2) is 0 Å². The van der Waals surface area contributed by atoms with Gasteiger partial charge in [0.05, 0.1) is 18.2 Å². The summed E-state index contributed by atoms with van der Waals surface area (Å²) in [6.45, 7) is 3.60. The highest BCUT2D eigenvalue weighted by atomic mass is 16.2. The number of imide groups is 1. The maximum atomic E-state index is 12.5. The zero-order chi connectivity index (χ0) is 14.1. The lowest BCUT2D eigenvalue weighted by Gasteiger charge is -2.35. The van der Waals surface area contributed by atoms with Crippen LogP contribution in [0, 0.1) is 0 Å². The smallest absolute Gasteiger partial charge is 0.251 e. The minimum Gasteiger partial charge on any atom is -0.304 e. The number of hydrogen-bond donors (Lipinski definition) is 0. The van der Waals surface area contributed by atoms with Crippen molar-refractivity contribution in [2.75, 3.05) is 38.1 Å².